The van der Waals surface area contributed by atoms with Crippen LogP contribution >= 0.6 is 24.0 Å². The van der Waals surface area contributed by atoms with Gasteiger partial charge in [0, 0.05) is 38.6 Å². The molecule has 2 aromatic rings. The second-order valence-corrected chi connectivity index (χ2v) is 8.07. The zero-order chi connectivity index (χ0) is 20.1. The number of rotatable bonds is 7. The summed E-state index contributed by atoms with van der Waals surface area (Å²) in [4.78, 5) is 6.87. The van der Waals surface area contributed by atoms with Gasteiger partial charge in [-0.2, -0.15) is 0 Å². The lowest BCUT2D eigenvalue weighted by molar-refractivity contribution is 0.0124. The predicted molar refractivity (Wildman–Crippen MR) is 131 cm³/mol. The third kappa shape index (κ3) is 5.56. The van der Waals surface area contributed by atoms with Gasteiger partial charge in [-0.25, -0.2) is 0 Å². The highest BCUT2D eigenvalue weighted by atomic mass is 127. The minimum Gasteiger partial charge on any atom is -0.465 e. The number of furan rings is 1. The molecule has 164 valence electrons. The lowest BCUT2D eigenvalue weighted by Crippen LogP contribution is -2.47. The van der Waals surface area contributed by atoms with Gasteiger partial charge in [0.25, 0.3) is 0 Å². The quantitative estimate of drug-likeness (QED) is 0.330. The zero-order valence-electron chi connectivity index (χ0n) is 17.9. The average Bonchev–Trinajstić information content (AvgIpc) is 3.45. The van der Waals surface area contributed by atoms with E-state index in [9.17, 15) is 0 Å². The van der Waals surface area contributed by atoms with Gasteiger partial charge in [-0.05, 0) is 37.5 Å². The molecular formula is C23H33IN4O2. The molecule has 4 rings (SSSR count). The first-order chi connectivity index (χ1) is 14.2. The van der Waals surface area contributed by atoms with Crippen molar-refractivity contribution in [1.29, 1.82) is 0 Å². The van der Waals surface area contributed by atoms with Crippen molar-refractivity contribution in [2.24, 2.45) is 4.99 Å². The van der Waals surface area contributed by atoms with Crippen LogP contribution in [0, 0.1) is 6.92 Å². The van der Waals surface area contributed by atoms with E-state index in [0.29, 0.717) is 0 Å². The minimum atomic E-state index is 0. The standard InChI is InChI=1S/C23H32N4O2.HI/c1-18-8-9-21(29-18)20(27-12-14-28-15-13-27)16-25-22(24-2)26-17-23(10-11-23)19-6-4-3-5-7-19;/h3-9,20H,10-17H2,1-2H3,(H2,24,25,26);1H. The summed E-state index contributed by atoms with van der Waals surface area (Å²) in [6.07, 6.45) is 2.45. The van der Waals surface area contributed by atoms with Crippen molar-refractivity contribution >= 4 is 29.9 Å². The first-order valence-electron chi connectivity index (χ1n) is 10.6. The van der Waals surface area contributed by atoms with E-state index >= 15 is 0 Å². The molecule has 1 aromatic heterocycles. The third-order valence-corrected chi connectivity index (χ3v) is 6.10. The molecule has 7 heteroatoms. The molecule has 2 N–H and O–H groups in total. The molecule has 1 aliphatic carbocycles. The number of aliphatic imine (C=N–C) groups is 1. The molecule has 2 aliphatic rings. The van der Waals surface area contributed by atoms with Gasteiger partial charge in [-0.15, -0.1) is 24.0 Å². The van der Waals surface area contributed by atoms with Crippen molar-refractivity contribution in [3.05, 3.63) is 59.5 Å². The van der Waals surface area contributed by atoms with Crippen molar-refractivity contribution in [1.82, 2.24) is 15.5 Å². The fourth-order valence-electron chi connectivity index (χ4n) is 4.11. The summed E-state index contributed by atoms with van der Waals surface area (Å²) < 4.78 is 11.5. The smallest absolute Gasteiger partial charge is 0.191 e. The number of morpholine rings is 1. The third-order valence-electron chi connectivity index (χ3n) is 6.10. The van der Waals surface area contributed by atoms with Crippen molar-refractivity contribution in [3.63, 3.8) is 0 Å². The Morgan fingerprint density at radius 1 is 1.10 bits per heavy atom. The molecule has 6 nitrogen and oxygen atoms in total. The topological polar surface area (TPSA) is 62.0 Å². The fraction of sp³-hybridized carbons (Fsp3) is 0.522. The van der Waals surface area contributed by atoms with E-state index < -0.39 is 0 Å². The normalized spacial score (nSPS) is 19.6. The van der Waals surface area contributed by atoms with Crippen molar-refractivity contribution in [2.45, 2.75) is 31.2 Å². The number of guanidine groups is 1. The van der Waals surface area contributed by atoms with Gasteiger partial charge in [-0.1, -0.05) is 30.3 Å². The highest BCUT2D eigenvalue weighted by molar-refractivity contribution is 14.0. The largest absolute Gasteiger partial charge is 0.465 e. The maximum absolute atomic E-state index is 5.96. The highest BCUT2D eigenvalue weighted by Gasteiger charge is 2.44. The number of nitrogens with one attached hydrogen (secondary N) is 2. The van der Waals surface area contributed by atoms with Gasteiger partial charge >= 0.3 is 0 Å². The Labute approximate surface area is 196 Å². The van der Waals surface area contributed by atoms with Crippen LogP contribution < -0.4 is 10.6 Å². The molecule has 2 heterocycles. The molecule has 0 spiro atoms. The SMILES string of the molecule is CN=C(NCC(c1ccc(C)o1)N1CCOCC1)NCC1(c2ccccc2)CC1.I. The summed E-state index contributed by atoms with van der Waals surface area (Å²) in [6.45, 7) is 6.99. The molecular weight excluding hydrogens is 491 g/mol. The Morgan fingerprint density at radius 2 is 1.83 bits per heavy atom. The first-order valence-corrected chi connectivity index (χ1v) is 10.6. The van der Waals surface area contributed by atoms with E-state index in [4.69, 9.17) is 9.15 Å². The summed E-state index contributed by atoms with van der Waals surface area (Å²) in [5.41, 5.74) is 1.67. The van der Waals surface area contributed by atoms with Crippen LogP contribution in [0.15, 0.2) is 51.9 Å². The van der Waals surface area contributed by atoms with Gasteiger partial charge in [0.2, 0.25) is 0 Å². The maximum atomic E-state index is 5.96. The van der Waals surface area contributed by atoms with Crippen LogP contribution in [0.2, 0.25) is 0 Å². The number of hydrogen-bond donors (Lipinski definition) is 2. The highest BCUT2D eigenvalue weighted by Crippen LogP contribution is 2.47. The van der Waals surface area contributed by atoms with Crippen molar-refractivity contribution < 1.29 is 9.15 Å². The summed E-state index contributed by atoms with van der Waals surface area (Å²) >= 11 is 0. The van der Waals surface area contributed by atoms with Crippen LogP contribution in [0.5, 0.6) is 0 Å². The molecule has 0 bridgehead atoms. The van der Waals surface area contributed by atoms with E-state index in [2.05, 4.69) is 56.9 Å². The van der Waals surface area contributed by atoms with E-state index in [-0.39, 0.29) is 35.4 Å². The van der Waals surface area contributed by atoms with Crippen LogP contribution in [-0.4, -0.2) is 57.3 Å². The average molecular weight is 524 g/mol. The molecule has 1 unspecified atom stereocenters. The number of nitrogens with zero attached hydrogens (tertiary/aromatic N) is 2. The summed E-state index contributed by atoms with van der Waals surface area (Å²) in [6, 6.07) is 15.1. The molecule has 0 amide bonds. The summed E-state index contributed by atoms with van der Waals surface area (Å²) in [5, 5.41) is 7.07. The van der Waals surface area contributed by atoms with Crippen LogP contribution in [0.3, 0.4) is 0 Å². The van der Waals surface area contributed by atoms with Gasteiger partial charge < -0.3 is 19.8 Å². The molecule has 1 aliphatic heterocycles. The monoisotopic (exact) mass is 524 g/mol. The zero-order valence-corrected chi connectivity index (χ0v) is 20.2. The Bertz CT molecular complexity index is 814. The molecule has 2 fully saturated rings. The van der Waals surface area contributed by atoms with Crippen molar-refractivity contribution in [2.75, 3.05) is 46.4 Å². The predicted octanol–water partition coefficient (Wildman–Crippen LogP) is 3.48. The summed E-state index contributed by atoms with van der Waals surface area (Å²) in [7, 11) is 1.83. The molecule has 30 heavy (non-hydrogen) atoms. The van der Waals surface area contributed by atoms with Gasteiger partial charge in [0.15, 0.2) is 5.96 Å². The number of benzene rings is 1. The second-order valence-electron chi connectivity index (χ2n) is 8.07. The van der Waals surface area contributed by atoms with Gasteiger partial charge in [0.05, 0.1) is 19.3 Å². The number of aryl methyl sites for hydroxylation is 1. The Kier molecular flexibility index (Phi) is 8.19. The molecule has 1 saturated heterocycles. The Balaban J connectivity index is 0.00000256. The van der Waals surface area contributed by atoms with E-state index in [0.717, 1.165) is 56.9 Å². The lowest BCUT2D eigenvalue weighted by atomic mass is 9.96. The van der Waals surface area contributed by atoms with Gasteiger partial charge in [0.1, 0.15) is 11.5 Å². The lowest BCUT2D eigenvalue weighted by Gasteiger charge is -2.33. The molecule has 1 saturated carbocycles. The summed E-state index contributed by atoms with van der Waals surface area (Å²) in [5.74, 6) is 2.78. The second kappa shape index (κ2) is 10.6. The van der Waals surface area contributed by atoms with Crippen LogP contribution in [0.25, 0.3) is 0 Å². The first kappa shape index (κ1) is 23.1. The molecule has 0 radical (unpaired) electrons. The molecule has 1 atom stereocenters. The van der Waals surface area contributed by atoms with Gasteiger partial charge in [-0.3, -0.25) is 9.89 Å². The van der Waals surface area contributed by atoms with E-state index in [1.807, 2.05) is 20.0 Å². The minimum absolute atomic E-state index is 0. The van der Waals surface area contributed by atoms with E-state index in [1.54, 1.807) is 0 Å². The Hall–Kier alpha value is -1.58. The van der Waals surface area contributed by atoms with Crippen LogP contribution in [0.4, 0.5) is 0 Å². The van der Waals surface area contributed by atoms with Crippen LogP contribution in [-0.2, 0) is 10.2 Å². The number of hydrogen-bond acceptors (Lipinski definition) is 4. The Morgan fingerprint density at radius 3 is 2.43 bits per heavy atom. The number of ether oxygens (including phenoxy) is 1. The van der Waals surface area contributed by atoms with E-state index in [1.165, 1.54) is 18.4 Å². The van der Waals surface area contributed by atoms with Crippen molar-refractivity contribution in [3.8, 4) is 0 Å². The maximum Gasteiger partial charge on any atom is 0.191 e. The number of halogens is 1. The molecule has 1 aromatic carbocycles. The fourth-order valence-corrected chi connectivity index (χ4v) is 4.11. The van der Waals surface area contributed by atoms with Crippen LogP contribution in [0.1, 0.15) is 36.0 Å².